The Hall–Kier alpha value is -2.32. The van der Waals surface area contributed by atoms with Crippen LogP contribution in [-0.2, 0) is 4.79 Å². The third kappa shape index (κ3) is 2.30. The zero-order chi connectivity index (χ0) is 14.0. The lowest BCUT2D eigenvalue weighted by atomic mass is 10.2. The molecule has 0 saturated carbocycles. The van der Waals surface area contributed by atoms with E-state index in [1.807, 2.05) is 6.07 Å². The minimum atomic E-state index is 0.352. The number of nitrogens with zero attached hydrogens (tertiary/aromatic N) is 3. The largest absolute Gasteiger partial charge is 0.425 e. The number of carbonyl (C=O) groups is 1. The van der Waals surface area contributed by atoms with Crippen molar-refractivity contribution in [2.45, 2.75) is 13.8 Å². The molecule has 0 unspecified atom stereocenters. The van der Waals surface area contributed by atoms with Gasteiger partial charge in [0.15, 0.2) is 5.75 Å². The van der Waals surface area contributed by atoms with Gasteiger partial charge in [-0.2, -0.15) is 10.4 Å². The quantitative estimate of drug-likeness (QED) is 0.807. The number of rotatable bonds is 3. The number of halogens is 1. The van der Waals surface area contributed by atoms with Gasteiger partial charge in [-0.3, -0.25) is 4.79 Å². The van der Waals surface area contributed by atoms with E-state index in [9.17, 15) is 4.79 Å². The predicted octanol–water partition coefficient (Wildman–Crippen LogP) is 2.55. The van der Waals surface area contributed by atoms with Crippen molar-refractivity contribution in [1.82, 2.24) is 9.78 Å². The maximum atomic E-state index is 10.4. The van der Waals surface area contributed by atoms with Gasteiger partial charge >= 0.3 is 0 Å². The highest BCUT2D eigenvalue weighted by molar-refractivity contribution is 6.31. The SMILES string of the molecule is Cc1nn(-c2ccc(C#N)c(Cl)c2)c(C)c1OC=O. The summed E-state index contributed by atoms with van der Waals surface area (Å²) in [6.07, 6.45) is 0. The van der Waals surface area contributed by atoms with Crippen LogP contribution in [0.3, 0.4) is 0 Å². The summed E-state index contributed by atoms with van der Waals surface area (Å²) in [6.45, 7) is 3.89. The van der Waals surface area contributed by atoms with Gasteiger partial charge in [0.25, 0.3) is 6.47 Å². The zero-order valence-corrected chi connectivity index (χ0v) is 11.1. The fourth-order valence-electron chi connectivity index (χ4n) is 1.82. The second-order valence-corrected chi connectivity index (χ2v) is 4.31. The van der Waals surface area contributed by atoms with Crippen molar-refractivity contribution in [2.24, 2.45) is 0 Å². The van der Waals surface area contributed by atoms with Gasteiger partial charge in [0, 0.05) is 0 Å². The molecule has 0 amide bonds. The van der Waals surface area contributed by atoms with E-state index < -0.39 is 0 Å². The monoisotopic (exact) mass is 275 g/mol. The molecule has 0 atom stereocenters. The summed E-state index contributed by atoms with van der Waals surface area (Å²) in [6, 6.07) is 6.99. The topological polar surface area (TPSA) is 67.9 Å². The van der Waals surface area contributed by atoms with Crippen LogP contribution in [0.1, 0.15) is 17.0 Å². The highest BCUT2D eigenvalue weighted by Gasteiger charge is 2.14. The number of ether oxygens (including phenoxy) is 1. The van der Waals surface area contributed by atoms with Crippen LogP contribution in [0.15, 0.2) is 18.2 Å². The molecule has 1 aromatic carbocycles. The second kappa shape index (κ2) is 5.12. The molecule has 0 spiro atoms. The van der Waals surface area contributed by atoms with Crippen LogP contribution in [0, 0.1) is 25.2 Å². The molecule has 96 valence electrons. The highest BCUT2D eigenvalue weighted by atomic mass is 35.5. The van der Waals surface area contributed by atoms with Crippen LogP contribution in [0.5, 0.6) is 5.75 Å². The number of benzene rings is 1. The summed E-state index contributed by atoms with van der Waals surface area (Å²) in [5.74, 6) is 0.426. The fourth-order valence-corrected chi connectivity index (χ4v) is 2.04. The molecule has 0 saturated heterocycles. The fraction of sp³-hybridized carbons (Fsp3) is 0.154. The predicted molar refractivity (Wildman–Crippen MR) is 69.5 cm³/mol. The van der Waals surface area contributed by atoms with Crippen LogP contribution >= 0.6 is 11.6 Å². The minimum Gasteiger partial charge on any atom is -0.425 e. The molecule has 0 aliphatic carbocycles. The number of hydrogen-bond acceptors (Lipinski definition) is 4. The molecular formula is C13H10ClN3O2. The van der Waals surface area contributed by atoms with E-state index in [-0.39, 0.29) is 0 Å². The lowest BCUT2D eigenvalue weighted by Crippen LogP contribution is -2.00. The van der Waals surface area contributed by atoms with E-state index in [1.54, 1.807) is 36.7 Å². The van der Waals surface area contributed by atoms with Crippen molar-refractivity contribution in [2.75, 3.05) is 0 Å². The molecule has 0 bridgehead atoms. The first-order valence-corrected chi connectivity index (χ1v) is 5.82. The molecular weight excluding hydrogens is 266 g/mol. The van der Waals surface area contributed by atoms with Crippen LogP contribution in [0.25, 0.3) is 5.69 Å². The van der Waals surface area contributed by atoms with Crippen LogP contribution in [0.4, 0.5) is 0 Å². The van der Waals surface area contributed by atoms with E-state index in [0.29, 0.717) is 39.9 Å². The van der Waals surface area contributed by atoms with E-state index >= 15 is 0 Å². The van der Waals surface area contributed by atoms with E-state index in [4.69, 9.17) is 21.6 Å². The molecule has 0 fully saturated rings. The Morgan fingerprint density at radius 3 is 2.79 bits per heavy atom. The summed E-state index contributed by atoms with van der Waals surface area (Å²) < 4.78 is 6.51. The molecule has 2 aromatic rings. The Balaban J connectivity index is 2.54. The summed E-state index contributed by atoms with van der Waals surface area (Å²) in [5, 5.41) is 13.5. The average Bonchev–Trinajstić information content (AvgIpc) is 2.67. The molecule has 1 heterocycles. The second-order valence-electron chi connectivity index (χ2n) is 3.90. The third-order valence-electron chi connectivity index (χ3n) is 2.71. The average molecular weight is 276 g/mol. The summed E-state index contributed by atoms with van der Waals surface area (Å²) in [7, 11) is 0. The molecule has 0 aliphatic rings. The highest BCUT2D eigenvalue weighted by Crippen LogP contribution is 2.26. The van der Waals surface area contributed by atoms with E-state index in [2.05, 4.69) is 5.10 Å². The first-order valence-electron chi connectivity index (χ1n) is 5.45. The van der Waals surface area contributed by atoms with Crippen LogP contribution in [0.2, 0.25) is 5.02 Å². The standard InChI is InChI=1S/C13H10ClN3O2/c1-8-13(19-7-18)9(2)17(16-8)11-4-3-10(6-15)12(14)5-11/h3-5,7H,1-2H3. The molecule has 0 aliphatic heterocycles. The minimum absolute atomic E-state index is 0.352. The third-order valence-corrected chi connectivity index (χ3v) is 3.02. The Kier molecular flexibility index (Phi) is 3.54. The number of carbonyl (C=O) groups excluding carboxylic acids is 1. The van der Waals surface area contributed by atoms with Crippen molar-refractivity contribution in [3.63, 3.8) is 0 Å². The Labute approximate surface area is 115 Å². The molecule has 6 heteroatoms. The molecule has 5 nitrogen and oxygen atoms in total. The zero-order valence-electron chi connectivity index (χ0n) is 10.3. The number of aromatic nitrogens is 2. The van der Waals surface area contributed by atoms with Crippen molar-refractivity contribution >= 4 is 18.1 Å². The van der Waals surface area contributed by atoms with E-state index in [0.717, 1.165) is 0 Å². The van der Waals surface area contributed by atoms with Gasteiger partial charge in [0.1, 0.15) is 11.8 Å². The molecule has 1 aromatic heterocycles. The lowest BCUT2D eigenvalue weighted by Gasteiger charge is -2.05. The van der Waals surface area contributed by atoms with Crippen molar-refractivity contribution in [3.8, 4) is 17.5 Å². The molecule has 0 radical (unpaired) electrons. The summed E-state index contributed by atoms with van der Waals surface area (Å²) in [4.78, 5) is 10.4. The van der Waals surface area contributed by atoms with E-state index in [1.165, 1.54) is 0 Å². The normalized spacial score (nSPS) is 10.0. The maximum absolute atomic E-state index is 10.4. The molecule has 19 heavy (non-hydrogen) atoms. The van der Waals surface area contributed by atoms with Crippen LogP contribution in [-0.4, -0.2) is 16.3 Å². The first kappa shape index (κ1) is 13.1. The Morgan fingerprint density at radius 1 is 1.47 bits per heavy atom. The first-order chi connectivity index (χ1) is 9.08. The number of aryl methyl sites for hydroxylation is 1. The van der Waals surface area contributed by atoms with Crippen molar-refractivity contribution in [1.29, 1.82) is 5.26 Å². The molecule has 2 rings (SSSR count). The van der Waals surface area contributed by atoms with Gasteiger partial charge < -0.3 is 4.74 Å². The maximum Gasteiger partial charge on any atom is 0.298 e. The van der Waals surface area contributed by atoms with Gasteiger partial charge in [-0.15, -0.1) is 0 Å². The Morgan fingerprint density at radius 2 is 2.21 bits per heavy atom. The summed E-state index contributed by atoms with van der Waals surface area (Å²) >= 11 is 5.99. The van der Waals surface area contributed by atoms with Crippen LogP contribution < -0.4 is 4.74 Å². The van der Waals surface area contributed by atoms with Gasteiger partial charge in [0.05, 0.1) is 22.0 Å². The Bertz CT molecular complexity index is 686. The summed E-state index contributed by atoms with van der Waals surface area (Å²) in [5.41, 5.74) is 2.39. The number of hydrogen-bond donors (Lipinski definition) is 0. The van der Waals surface area contributed by atoms with Gasteiger partial charge in [-0.05, 0) is 32.0 Å². The van der Waals surface area contributed by atoms with Crippen molar-refractivity contribution < 1.29 is 9.53 Å². The smallest absolute Gasteiger partial charge is 0.298 e. The molecule has 0 N–H and O–H groups in total. The van der Waals surface area contributed by atoms with Crippen molar-refractivity contribution in [3.05, 3.63) is 40.2 Å². The lowest BCUT2D eigenvalue weighted by molar-refractivity contribution is -0.120. The van der Waals surface area contributed by atoms with Gasteiger partial charge in [-0.25, -0.2) is 4.68 Å². The van der Waals surface area contributed by atoms with Gasteiger partial charge in [0.2, 0.25) is 0 Å². The number of nitriles is 1. The van der Waals surface area contributed by atoms with Gasteiger partial charge in [-0.1, -0.05) is 11.6 Å².